The summed E-state index contributed by atoms with van der Waals surface area (Å²) in [4.78, 5) is 4.89. The van der Waals surface area contributed by atoms with E-state index in [1.807, 2.05) is 0 Å². The van der Waals surface area contributed by atoms with Crippen LogP contribution < -0.4 is 0 Å². The van der Waals surface area contributed by atoms with Crippen LogP contribution in [0.15, 0.2) is 16.8 Å². The highest BCUT2D eigenvalue weighted by atomic mass is 19.4. The number of halogens is 3. The van der Waals surface area contributed by atoms with Gasteiger partial charge in [-0.25, -0.2) is 0 Å². The Morgan fingerprint density at radius 1 is 1.38 bits per heavy atom. The molecular weight excluding hydrogens is 181 g/mol. The quantitative estimate of drug-likeness (QED) is 0.628. The molecule has 0 unspecified atom stereocenters. The molecule has 0 aromatic carbocycles. The topological polar surface area (TPSA) is 15.6 Å². The van der Waals surface area contributed by atoms with Crippen LogP contribution in [0.3, 0.4) is 0 Å². The Balaban J connectivity index is 4.67. The number of rotatable bonds is 3. The number of aliphatic imine (C=N–C) groups is 1. The molecule has 0 radical (unpaired) electrons. The SMILES string of the molecule is CC/N=C\C(=C\N(C)C)C(F)(F)F. The second-order valence-electron chi connectivity index (χ2n) is 2.67. The number of nitrogens with zero attached hydrogens (tertiary/aromatic N) is 2. The van der Waals surface area contributed by atoms with E-state index in [9.17, 15) is 13.2 Å². The maximum absolute atomic E-state index is 12.2. The van der Waals surface area contributed by atoms with Crippen LogP contribution in [-0.4, -0.2) is 37.9 Å². The van der Waals surface area contributed by atoms with Crippen LogP contribution in [0.1, 0.15) is 6.92 Å². The van der Waals surface area contributed by atoms with Crippen molar-refractivity contribution in [2.75, 3.05) is 20.6 Å². The van der Waals surface area contributed by atoms with Crippen LogP contribution in [-0.2, 0) is 0 Å². The second kappa shape index (κ2) is 4.89. The van der Waals surface area contributed by atoms with Crippen LogP contribution in [0.4, 0.5) is 13.2 Å². The molecule has 0 bridgehead atoms. The van der Waals surface area contributed by atoms with E-state index >= 15 is 0 Å². The standard InChI is InChI=1S/C8H13F3N2/c1-4-12-5-7(6-13(2)3)8(9,10)11/h5-6H,4H2,1-3H3/b7-6-,12-5-. The number of hydrogen-bond donors (Lipinski definition) is 0. The predicted molar refractivity (Wildman–Crippen MR) is 46.9 cm³/mol. The lowest BCUT2D eigenvalue weighted by Crippen LogP contribution is -2.17. The monoisotopic (exact) mass is 194 g/mol. The Morgan fingerprint density at radius 3 is 2.23 bits per heavy atom. The van der Waals surface area contributed by atoms with Crippen LogP contribution in [0.5, 0.6) is 0 Å². The molecule has 76 valence electrons. The zero-order valence-electron chi connectivity index (χ0n) is 7.89. The molecule has 0 aliphatic carbocycles. The first kappa shape index (κ1) is 12.0. The van der Waals surface area contributed by atoms with Gasteiger partial charge in [0.2, 0.25) is 0 Å². The molecule has 0 amide bonds. The molecule has 0 N–H and O–H groups in total. The molecule has 2 nitrogen and oxygen atoms in total. The van der Waals surface area contributed by atoms with Crippen LogP contribution in [0, 0.1) is 0 Å². The van der Waals surface area contributed by atoms with Gasteiger partial charge in [0.25, 0.3) is 0 Å². The van der Waals surface area contributed by atoms with Crippen molar-refractivity contribution < 1.29 is 13.2 Å². The highest BCUT2D eigenvalue weighted by Gasteiger charge is 2.32. The van der Waals surface area contributed by atoms with Crippen molar-refractivity contribution in [3.8, 4) is 0 Å². The molecule has 5 heteroatoms. The first-order valence-electron chi connectivity index (χ1n) is 3.83. The summed E-state index contributed by atoms with van der Waals surface area (Å²) in [7, 11) is 3.07. The van der Waals surface area contributed by atoms with E-state index in [0.717, 1.165) is 12.4 Å². The summed E-state index contributed by atoms with van der Waals surface area (Å²) in [5.74, 6) is 0. The molecule has 0 fully saturated rings. The van der Waals surface area contributed by atoms with Gasteiger partial charge < -0.3 is 4.90 Å². The zero-order valence-corrected chi connectivity index (χ0v) is 7.89. The summed E-state index contributed by atoms with van der Waals surface area (Å²) in [6.45, 7) is 2.03. The van der Waals surface area contributed by atoms with E-state index in [0.29, 0.717) is 6.54 Å². The molecule has 13 heavy (non-hydrogen) atoms. The fourth-order valence-electron chi connectivity index (χ4n) is 0.648. The van der Waals surface area contributed by atoms with Gasteiger partial charge in [-0.1, -0.05) is 0 Å². The predicted octanol–water partition coefficient (Wildman–Crippen LogP) is 2.08. The van der Waals surface area contributed by atoms with E-state index in [1.54, 1.807) is 6.92 Å². The van der Waals surface area contributed by atoms with E-state index in [1.165, 1.54) is 19.0 Å². The van der Waals surface area contributed by atoms with Crippen molar-refractivity contribution in [3.63, 3.8) is 0 Å². The minimum Gasteiger partial charge on any atom is -0.383 e. The van der Waals surface area contributed by atoms with Crippen molar-refractivity contribution in [3.05, 3.63) is 11.8 Å². The van der Waals surface area contributed by atoms with Gasteiger partial charge in [0.05, 0.1) is 5.57 Å². The third-order valence-corrected chi connectivity index (χ3v) is 1.14. The summed E-state index contributed by atoms with van der Waals surface area (Å²) in [5.41, 5.74) is -0.737. The number of alkyl halides is 3. The Hall–Kier alpha value is -1.00. The summed E-state index contributed by atoms with van der Waals surface area (Å²) in [5, 5.41) is 0. The lowest BCUT2D eigenvalue weighted by Gasteiger charge is -2.11. The third-order valence-electron chi connectivity index (χ3n) is 1.14. The fraction of sp³-hybridized carbons (Fsp3) is 0.625. The lowest BCUT2D eigenvalue weighted by molar-refractivity contribution is -0.0864. The molecule has 0 heterocycles. The van der Waals surface area contributed by atoms with Gasteiger partial charge in [0.15, 0.2) is 0 Å². The normalized spacial score (nSPS) is 13.8. The lowest BCUT2D eigenvalue weighted by atomic mass is 10.3. The van der Waals surface area contributed by atoms with Crippen molar-refractivity contribution in [1.82, 2.24) is 4.90 Å². The average Bonchev–Trinajstić information content (AvgIpc) is 1.95. The fourth-order valence-corrected chi connectivity index (χ4v) is 0.648. The minimum atomic E-state index is -4.33. The molecule has 0 spiro atoms. The molecule has 0 aliphatic rings. The summed E-state index contributed by atoms with van der Waals surface area (Å²) < 4.78 is 36.7. The largest absolute Gasteiger partial charge is 0.419 e. The first-order chi connectivity index (χ1) is 5.88. The molecule has 0 saturated carbocycles. The first-order valence-corrected chi connectivity index (χ1v) is 3.83. The summed E-state index contributed by atoms with van der Waals surface area (Å²) in [6, 6.07) is 0. The molecule has 0 aromatic rings. The molecule has 0 saturated heterocycles. The van der Waals surface area contributed by atoms with Gasteiger partial charge in [-0.05, 0) is 6.92 Å². The molecule has 0 aromatic heterocycles. The maximum Gasteiger partial charge on any atom is 0.419 e. The number of allylic oxidation sites excluding steroid dienone is 1. The van der Waals surface area contributed by atoms with Gasteiger partial charge in [-0.2, -0.15) is 13.2 Å². The summed E-state index contributed by atoms with van der Waals surface area (Å²) in [6.07, 6.45) is -2.48. The third kappa shape index (κ3) is 5.27. The van der Waals surface area contributed by atoms with E-state index in [4.69, 9.17) is 0 Å². The highest BCUT2D eigenvalue weighted by molar-refractivity contribution is 5.80. The Kier molecular flexibility index (Phi) is 4.51. The number of hydrogen-bond acceptors (Lipinski definition) is 2. The maximum atomic E-state index is 12.2. The van der Waals surface area contributed by atoms with E-state index in [-0.39, 0.29) is 0 Å². The van der Waals surface area contributed by atoms with Crippen molar-refractivity contribution in [2.24, 2.45) is 4.99 Å². The molecule has 0 rings (SSSR count). The zero-order chi connectivity index (χ0) is 10.5. The second-order valence-corrected chi connectivity index (χ2v) is 2.67. The molecular formula is C8H13F3N2. The summed E-state index contributed by atoms with van der Waals surface area (Å²) >= 11 is 0. The van der Waals surface area contributed by atoms with Crippen LogP contribution in [0.2, 0.25) is 0 Å². The van der Waals surface area contributed by atoms with Gasteiger partial charge in [-0.3, -0.25) is 4.99 Å². The van der Waals surface area contributed by atoms with Gasteiger partial charge in [-0.15, -0.1) is 0 Å². The van der Waals surface area contributed by atoms with E-state index in [2.05, 4.69) is 4.99 Å². The van der Waals surface area contributed by atoms with Gasteiger partial charge in [0.1, 0.15) is 0 Å². The minimum absolute atomic E-state index is 0.348. The van der Waals surface area contributed by atoms with Gasteiger partial charge in [0, 0.05) is 33.1 Å². The van der Waals surface area contributed by atoms with Crippen molar-refractivity contribution in [2.45, 2.75) is 13.1 Å². The van der Waals surface area contributed by atoms with Crippen molar-refractivity contribution >= 4 is 6.21 Å². The molecule has 0 aliphatic heterocycles. The average molecular weight is 194 g/mol. The Morgan fingerprint density at radius 2 is 1.92 bits per heavy atom. The smallest absolute Gasteiger partial charge is 0.383 e. The van der Waals surface area contributed by atoms with Crippen LogP contribution in [0.25, 0.3) is 0 Å². The van der Waals surface area contributed by atoms with Crippen molar-refractivity contribution in [1.29, 1.82) is 0 Å². The molecule has 0 atom stereocenters. The van der Waals surface area contributed by atoms with Crippen LogP contribution >= 0.6 is 0 Å². The highest BCUT2D eigenvalue weighted by Crippen LogP contribution is 2.24. The Bertz CT molecular complexity index is 204. The van der Waals surface area contributed by atoms with E-state index < -0.39 is 11.7 Å². The Labute approximate surface area is 75.8 Å². The van der Waals surface area contributed by atoms with Gasteiger partial charge >= 0.3 is 6.18 Å².